The van der Waals surface area contributed by atoms with E-state index in [1.165, 1.54) is 10.8 Å². The van der Waals surface area contributed by atoms with Crippen LogP contribution in [-0.4, -0.2) is 18.3 Å². The van der Waals surface area contributed by atoms with Gasteiger partial charge >= 0.3 is 0 Å². The maximum Gasteiger partial charge on any atom is 0.212 e. The van der Waals surface area contributed by atoms with Gasteiger partial charge in [0.25, 0.3) is 0 Å². The Labute approximate surface area is 377 Å². The van der Waals surface area contributed by atoms with Gasteiger partial charge in [0.15, 0.2) is 0 Å². The fourth-order valence-electron chi connectivity index (χ4n) is 11.1. The number of aromatic nitrogens is 4. The molecule has 0 spiro atoms. The van der Waals surface area contributed by atoms with Crippen molar-refractivity contribution < 1.29 is 0 Å². The Morgan fingerprint density at radius 2 is 0.894 bits per heavy atom. The number of nitrogens with zero attached hydrogens (tertiary/aromatic N) is 6. The molecule has 0 fully saturated rings. The first-order valence-corrected chi connectivity index (χ1v) is 22.1. The summed E-state index contributed by atoms with van der Waals surface area (Å²) in [4.78, 5) is 4.25. The van der Waals surface area contributed by atoms with E-state index in [1.54, 1.807) is 0 Å². The molecule has 66 heavy (non-hydrogen) atoms. The fourth-order valence-corrected chi connectivity index (χ4v) is 11.1. The minimum atomic E-state index is 0.455. The molecule has 304 valence electrons. The average molecular weight is 839 g/mol. The first kappa shape index (κ1) is 36.2. The van der Waals surface area contributed by atoms with Crippen LogP contribution in [0.3, 0.4) is 0 Å². The van der Waals surface area contributed by atoms with Crippen molar-refractivity contribution in [3.8, 4) is 28.8 Å². The van der Waals surface area contributed by atoms with E-state index < -0.39 is 0 Å². The van der Waals surface area contributed by atoms with Crippen LogP contribution in [0.15, 0.2) is 206 Å². The number of para-hydroxylation sites is 5. The highest BCUT2D eigenvalue weighted by atomic mass is 15.0. The van der Waals surface area contributed by atoms with Gasteiger partial charge in [-0.2, -0.15) is 5.26 Å². The van der Waals surface area contributed by atoms with Crippen LogP contribution < -0.4 is 0 Å². The van der Waals surface area contributed by atoms with Crippen LogP contribution in [0.25, 0.3) is 126 Å². The smallest absolute Gasteiger partial charge is 0.212 e. The molecule has 0 N–H and O–H groups in total. The molecular formula is C60H34N6. The van der Waals surface area contributed by atoms with Gasteiger partial charge in [0.2, 0.25) is 5.69 Å². The van der Waals surface area contributed by atoms with Gasteiger partial charge in [-0.25, -0.2) is 4.85 Å². The van der Waals surface area contributed by atoms with Gasteiger partial charge in [0.05, 0.1) is 67.6 Å². The Morgan fingerprint density at radius 3 is 1.59 bits per heavy atom. The highest BCUT2D eigenvalue weighted by Gasteiger charge is 2.25. The summed E-state index contributed by atoms with van der Waals surface area (Å²) < 4.78 is 9.13. The molecule has 0 aliphatic rings. The lowest BCUT2D eigenvalue weighted by Crippen LogP contribution is -2.02. The van der Waals surface area contributed by atoms with Gasteiger partial charge in [-0.1, -0.05) is 127 Å². The molecule has 0 radical (unpaired) electrons. The second kappa shape index (κ2) is 13.6. The van der Waals surface area contributed by atoms with Gasteiger partial charge in [0.1, 0.15) is 6.07 Å². The van der Waals surface area contributed by atoms with Crippen molar-refractivity contribution in [1.82, 2.24) is 18.3 Å². The van der Waals surface area contributed by atoms with E-state index in [2.05, 4.69) is 217 Å². The van der Waals surface area contributed by atoms with Gasteiger partial charge in [-0.05, 0) is 89.6 Å². The van der Waals surface area contributed by atoms with Gasteiger partial charge in [0, 0.05) is 54.5 Å². The molecule has 0 aliphatic carbocycles. The Kier molecular flexibility index (Phi) is 7.43. The molecule has 14 aromatic rings. The Bertz CT molecular complexity index is 4430. The van der Waals surface area contributed by atoms with Crippen LogP contribution in [0.5, 0.6) is 0 Å². The lowest BCUT2D eigenvalue weighted by molar-refractivity contribution is 1.14. The van der Waals surface area contributed by atoms with E-state index in [1.807, 2.05) is 18.2 Å². The third-order valence-electron chi connectivity index (χ3n) is 13.8. The van der Waals surface area contributed by atoms with E-state index in [-0.39, 0.29) is 0 Å². The summed E-state index contributed by atoms with van der Waals surface area (Å²) >= 11 is 0. The number of hydrogen-bond donors (Lipinski definition) is 0. The van der Waals surface area contributed by atoms with Crippen LogP contribution >= 0.6 is 0 Å². The standard InChI is InChI=1S/C60H34N6/c1-62-48-35-56(38(36-61)33-57(48)66-52-26-14-10-22-46(52)58-41-18-6-5-15-37(41)27-30-54(58)66)65-53-31-28-40(63-49-23-11-7-19-42(49)43-20-8-12-24-50(43)63)34-47(53)59-55(65)32-29-45-44-21-9-13-25-51(44)64(60(45)59)39-16-3-2-4-17-39/h2-35H. The minimum absolute atomic E-state index is 0.455. The number of rotatable bonds is 4. The molecule has 0 saturated heterocycles. The Balaban J connectivity index is 1.11. The normalized spacial score (nSPS) is 11.9. The van der Waals surface area contributed by atoms with E-state index in [9.17, 15) is 5.26 Å². The van der Waals surface area contributed by atoms with Crippen molar-refractivity contribution >= 4 is 104 Å². The van der Waals surface area contributed by atoms with E-state index >= 15 is 0 Å². The van der Waals surface area contributed by atoms with Crippen molar-refractivity contribution in [3.05, 3.63) is 223 Å². The minimum Gasteiger partial charge on any atom is -0.319 e. The van der Waals surface area contributed by atoms with Crippen molar-refractivity contribution in [3.63, 3.8) is 0 Å². The average Bonchev–Trinajstić information content (AvgIpc) is 4.11. The van der Waals surface area contributed by atoms with Crippen LogP contribution in [0, 0.1) is 17.9 Å². The number of hydrogen-bond acceptors (Lipinski definition) is 1. The molecule has 6 heteroatoms. The third kappa shape index (κ3) is 4.82. The van der Waals surface area contributed by atoms with Gasteiger partial charge in [-0.15, -0.1) is 0 Å². The highest BCUT2D eigenvalue weighted by Crippen LogP contribution is 2.46. The molecule has 0 atom stereocenters. The topological polar surface area (TPSA) is 47.9 Å². The number of fused-ring (bicyclic) bond motifs is 15. The number of nitriles is 1. The van der Waals surface area contributed by atoms with Crippen LogP contribution in [-0.2, 0) is 0 Å². The van der Waals surface area contributed by atoms with E-state index in [4.69, 9.17) is 6.57 Å². The van der Waals surface area contributed by atoms with Crippen molar-refractivity contribution in [2.75, 3.05) is 0 Å². The maximum absolute atomic E-state index is 11.3. The van der Waals surface area contributed by atoms with Crippen LogP contribution in [0.2, 0.25) is 0 Å². The van der Waals surface area contributed by atoms with Gasteiger partial charge in [-0.3, -0.25) is 0 Å². The zero-order valence-corrected chi connectivity index (χ0v) is 35.3. The molecule has 6 nitrogen and oxygen atoms in total. The molecule has 4 heterocycles. The summed E-state index contributed by atoms with van der Waals surface area (Å²) in [5.41, 5.74) is 12.7. The molecule has 0 aliphatic heterocycles. The summed E-state index contributed by atoms with van der Waals surface area (Å²) in [6.45, 7) is 8.76. The van der Waals surface area contributed by atoms with Gasteiger partial charge < -0.3 is 18.3 Å². The van der Waals surface area contributed by atoms with Crippen LogP contribution in [0.4, 0.5) is 5.69 Å². The molecule has 4 aromatic heterocycles. The summed E-state index contributed by atoms with van der Waals surface area (Å²) in [7, 11) is 0. The van der Waals surface area contributed by atoms with E-state index in [0.717, 1.165) is 98.6 Å². The molecule has 0 amide bonds. The highest BCUT2D eigenvalue weighted by molar-refractivity contribution is 6.27. The monoisotopic (exact) mass is 838 g/mol. The zero-order valence-electron chi connectivity index (χ0n) is 35.3. The summed E-state index contributed by atoms with van der Waals surface area (Å²) in [5.74, 6) is 0. The van der Waals surface area contributed by atoms with Crippen molar-refractivity contribution in [2.45, 2.75) is 0 Å². The zero-order chi connectivity index (χ0) is 43.6. The molecule has 0 unspecified atom stereocenters. The van der Waals surface area contributed by atoms with Crippen molar-refractivity contribution in [1.29, 1.82) is 5.26 Å². The largest absolute Gasteiger partial charge is 0.319 e. The second-order valence-corrected chi connectivity index (χ2v) is 17.1. The van der Waals surface area contributed by atoms with Crippen LogP contribution in [0.1, 0.15) is 5.56 Å². The summed E-state index contributed by atoms with van der Waals surface area (Å²) in [5, 5.41) is 22.6. The van der Waals surface area contributed by atoms with Crippen molar-refractivity contribution in [2.24, 2.45) is 0 Å². The summed E-state index contributed by atoms with van der Waals surface area (Å²) in [6.07, 6.45) is 0. The van der Waals surface area contributed by atoms with E-state index in [0.29, 0.717) is 22.6 Å². The Morgan fingerprint density at radius 1 is 0.364 bits per heavy atom. The predicted octanol–water partition coefficient (Wildman–Crippen LogP) is 15.7. The lowest BCUT2D eigenvalue weighted by Gasteiger charge is -2.16. The summed E-state index contributed by atoms with van der Waals surface area (Å²) in [6, 6.07) is 75.1. The quantitative estimate of drug-likeness (QED) is 0.163. The first-order valence-electron chi connectivity index (χ1n) is 22.1. The second-order valence-electron chi connectivity index (χ2n) is 17.1. The molecular weight excluding hydrogens is 805 g/mol. The molecule has 14 rings (SSSR count). The molecule has 0 bridgehead atoms. The molecule has 0 saturated carbocycles. The SMILES string of the molecule is [C-]#[N+]c1cc(-n2c3ccc(-n4c5ccccc5c5ccccc54)cc3c3c2ccc2c4ccccc4n(-c4ccccc4)c23)c(C#N)cc1-n1c2ccccc2c2c3ccccc3ccc21. The number of benzene rings is 10. The third-order valence-corrected chi connectivity index (χ3v) is 13.8. The fraction of sp³-hybridized carbons (Fsp3) is 0. The first-order chi connectivity index (χ1) is 32.7. The maximum atomic E-state index is 11.3. The Hall–Kier alpha value is -9.36. The predicted molar refractivity (Wildman–Crippen MR) is 272 cm³/mol. The molecule has 10 aromatic carbocycles. The lowest BCUT2D eigenvalue weighted by atomic mass is 10.0.